The summed E-state index contributed by atoms with van der Waals surface area (Å²) in [5.74, 6) is 1.95. The summed E-state index contributed by atoms with van der Waals surface area (Å²) < 4.78 is 11.9. The first-order valence-electron chi connectivity index (χ1n) is 8.79. The van der Waals surface area contributed by atoms with Gasteiger partial charge in [-0.05, 0) is 35.1 Å². The van der Waals surface area contributed by atoms with Crippen molar-refractivity contribution < 1.29 is 14.3 Å². The molecule has 1 aliphatic rings. The van der Waals surface area contributed by atoms with Crippen molar-refractivity contribution in [2.45, 2.75) is 33.7 Å². The molecule has 4 heteroatoms. The summed E-state index contributed by atoms with van der Waals surface area (Å²) >= 11 is 0. The molecule has 2 aromatic carbocycles. The number of aryl methyl sites for hydroxylation is 1. The quantitative estimate of drug-likeness (QED) is 0.858. The van der Waals surface area contributed by atoms with Crippen LogP contribution in [0.4, 0.5) is 0 Å². The molecule has 1 heterocycles. The number of hydrogen-bond donors (Lipinski definition) is 1. The van der Waals surface area contributed by atoms with E-state index < -0.39 is 0 Å². The van der Waals surface area contributed by atoms with Crippen LogP contribution in [0.25, 0.3) is 11.1 Å². The van der Waals surface area contributed by atoms with E-state index in [-0.39, 0.29) is 5.91 Å². The summed E-state index contributed by atoms with van der Waals surface area (Å²) in [6, 6.07) is 10.00. The van der Waals surface area contributed by atoms with Crippen LogP contribution in [0.2, 0.25) is 0 Å². The minimum Gasteiger partial charge on any atom is -0.493 e. The first-order valence-corrected chi connectivity index (χ1v) is 8.79. The lowest BCUT2D eigenvalue weighted by atomic mass is 9.94. The Morgan fingerprint density at radius 3 is 2.52 bits per heavy atom. The van der Waals surface area contributed by atoms with Crippen molar-refractivity contribution in [2.24, 2.45) is 5.92 Å². The maximum Gasteiger partial charge on any atom is 0.251 e. The van der Waals surface area contributed by atoms with Gasteiger partial charge in [-0.3, -0.25) is 4.79 Å². The smallest absolute Gasteiger partial charge is 0.251 e. The maximum absolute atomic E-state index is 12.0. The lowest BCUT2D eigenvalue weighted by molar-refractivity contribution is 0.0966. The molecule has 0 aromatic heterocycles. The zero-order chi connectivity index (χ0) is 18.0. The van der Waals surface area contributed by atoms with Crippen LogP contribution in [-0.2, 0) is 13.0 Å². The number of amides is 1. The summed E-state index contributed by atoms with van der Waals surface area (Å²) in [6.07, 6.45) is 0.869. The standard InChI is InChI=1S/C21H25NO3/c1-5-14-9-10-16(20(19(14)24-4)25-12-13(2)3)15-7-6-8-17-18(15)11-22-21(17)23/h6-10,13H,5,11-12H2,1-4H3,(H,22,23). The van der Waals surface area contributed by atoms with E-state index in [0.29, 0.717) is 19.1 Å². The largest absolute Gasteiger partial charge is 0.493 e. The van der Waals surface area contributed by atoms with Gasteiger partial charge in [-0.2, -0.15) is 0 Å². The van der Waals surface area contributed by atoms with Crippen molar-refractivity contribution in [2.75, 3.05) is 13.7 Å². The van der Waals surface area contributed by atoms with Crippen molar-refractivity contribution in [3.8, 4) is 22.6 Å². The lowest BCUT2D eigenvalue weighted by Gasteiger charge is -2.20. The number of fused-ring (bicyclic) bond motifs is 1. The van der Waals surface area contributed by atoms with E-state index in [1.54, 1.807) is 7.11 Å². The highest BCUT2D eigenvalue weighted by Gasteiger charge is 2.25. The van der Waals surface area contributed by atoms with Gasteiger partial charge in [0.1, 0.15) is 0 Å². The van der Waals surface area contributed by atoms with Gasteiger partial charge >= 0.3 is 0 Å². The third-order valence-corrected chi connectivity index (χ3v) is 4.48. The molecule has 0 saturated heterocycles. The molecule has 132 valence electrons. The summed E-state index contributed by atoms with van der Waals surface area (Å²) in [6.45, 7) is 7.51. The Morgan fingerprint density at radius 2 is 1.84 bits per heavy atom. The molecule has 0 bridgehead atoms. The molecular formula is C21H25NO3. The van der Waals surface area contributed by atoms with E-state index in [1.807, 2.05) is 18.2 Å². The van der Waals surface area contributed by atoms with E-state index in [4.69, 9.17) is 9.47 Å². The SMILES string of the molecule is CCc1ccc(-c2cccc3c2CNC3=O)c(OCC(C)C)c1OC. The van der Waals surface area contributed by atoms with Crippen molar-refractivity contribution >= 4 is 5.91 Å². The molecule has 0 aliphatic carbocycles. The first-order chi connectivity index (χ1) is 12.1. The summed E-state index contributed by atoms with van der Waals surface area (Å²) in [5, 5.41) is 2.90. The second-order valence-corrected chi connectivity index (χ2v) is 6.71. The Morgan fingerprint density at radius 1 is 1.08 bits per heavy atom. The highest BCUT2D eigenvalue weighted by molar-refractivity contribution is 6.01. The lowest BCUT2D eigenvalue weighted by Crippen LogP contribution is -2.12. The highest BCUT2D eigenvalue weighted by atomic mass is 16.5. The Balaban J connectivity index is 2.18. The summed E-state index contributed by atoms with van der Waals surface area (Å²) in [5.41, 5.74) is 4.88. The molecular weight excluding hydrogens is 314 g/mol. The molecule has 0 atom stereocenters. The number of carbonyl (C=O) groups excluding carboxylic acids is 1. The molecule has 0 fully saturated rings. The van der Waals surface area contributed by atoms with Crippen LogP contribution in [0.15, 0.2) is 30.3 Å². The number of benzene rings is 2. The van der Waals surface area contributed by atoms with E-state index in [0.717, 1.165) is 45.7 Å². The van der Waals surface area contributed by atoms with Crippen molar-refractivity contribution in [1.29, 1.82) is 0 Å². The molecule has 1 amide bonds. The predicted octanol–water partition coefficient (Wildman–Crippen LogP) is 4.20. The molecule has 0 radical (unpaired) electrons. The van der Waals surface area contributed by atoms with Crippen LogP contribution in [0.3, 0.4) is 0 Å². The van der Waals surface area contributed by atoms with Gasteiger partial charge in [0.25, 0.3) is 5.91 Å². The van der Waals surface area contributed by atoms with Gasteiger partial charge in [0.15, 0.2) is 11.5 Å². The molecule has 25 heavy (non-hydrogen) atoms. The van der Waals surface area contributed by atoms with Gasteiger partial charge < -0.3 is 14.8 Å². The molecule has 0 saturated carbocycles. The molecule has 1 N–H and O–H groups in total. The number of methoxy groups -OCH3 is 1. The van der Waals surface area contributed by atoms with E-state index in [2.05, 4.69) is 38.2 Å². The fourth-order valence-electron chi connectivity index (χ4n) is 3.22. The number of ether oxygens (including phenoxy) is 2. The predicted molar refractivity (Wildman–Crippen MR) is 99.3 cm³/mol. The summed E-state index contributed by atoms with van der Waals surface area (Å²) in [4.78, 5) is 12.0. The normalized spacial score (nSPS) is 12.9. The van der Waals surface area contributed by atoms with Gasteiger partial charge in [0.2, 0.25) is 0 Å². The zero-order valence-corrected chi connectivity index (χ0v) is 15.3. The molecule has 0 unspecified atom stereocenters. The van der Waals surface area contributed by atoms with Crippen molar-refractivity contribution in [1.82, 2.24) is 5.32 Å². The van der Waals surface area contributed by atoms with E-state index >= 15 is 0 Å². The topological polar surface area (TPSA) is 47.6 Å². The van der Waals surface area contributed by atoms with Gasteiger partial charge in [0, 0.05) is 17.7 Å². The van der Waals surface area contributed by atoms with Crippen LogP contribution < -0.4 is 14.8 Å². The second kappa shape index (κ2) is 7.18. The molecule has 4 nitrogen and oxygen atoms in total. The Labute approximate surface area is 149 Å². The van der Waals surface area contributed by atoms with Crippen LogP contribution >= 0.6 is 0 Å². The minimum absolute atomic E-state index is 0.0151. The summed E-state index contributed by atoms with van der Waals surface area (Å²) in [7, 11) is 1.68. The van der Waals surface area contributed by atoms with Crippen molar-refractivity contribution in [3.63, 3.8) is 0 Å². The minimum atomic E-state index is -0.0151. The monoisotopic (exact) mass is 339 g/mol. The van der Waals surface area contributed by atoms with Gasteiger partial charge in [0.05, 0.1) is 13.7 Å². The number of nitrogens with one attached hydrogen (secondary N) is 1. The van der Waals surface area contributed by atoms with E-state index in [1.165, 1.54) is 0 Å². The third-order valence-electron chi connectivity index (χ3n) is 4.48. The van der Waals surface area contributed by atoms with Crippen LogP contribution in [-0.4, -0.2) is 19.6 Å². The second-order valence-electron chi connectivity index (χ2n) is 6.71. The van der Waals surface area contributed by atoms with Crippen LogP contribution in [0.1, 0.15) is 42.3 Å². The molecule has 3 rings (SSSR count). The number of rotatable bonds is 6. The maximum atomic E-state index is 12.0. The Bertz CT molecular complexity index is 796. The number of carbonyl (C=O) groups is 1. The average Bonchev–Trinajstić information content (AvgIpc) is 3.00. The molecule has 2 aromatic rings. The average molecular weight is 339 g/mol. The molecule has 1 aliphatic heterocycles. The Hall–Kier alpha value is -2.49. The van der Waals surface area contributed by atoms with Crippen LogP contribution in [0.5, 0.6) is 11.5 Å². The Kier molecular flexibility index (Phi) is 4.98. The fourth-order valence-corrected chi connectivity index (χ4v) is 3.22. The zero-order valence-electron chi connectivity index (χ0n) is 15.3. The van der Waals surface area contributed by atoms with Gasteiger partial charge in [-0.1, -0.05) is 45.0 Å². The van der Waals surface area contributed by atoms with Crippen LogP contribution in [0, 0.1) is 5.92 Å². The van der Waals surface area contributed by atoms with E-state index in [9.17, 15) is 4.79 Å². The molecule has 0 spiro atoms. The fraction of sp³-hybridized carbons (Fsp3) is 0.381. The van der Waals surface area contributed by atoms with Gasteiger partial charge in [-0.25, -0.2) is 0 Å². The van der Waals surface area contributed by atoms with Gasteiger partial charge in [-0.15, -0.1) is 0 Å². The highest BCUT2D eigenvalue weighted by Crippen LogP contribution is 2.43. The van der Waals surface area contributed by atoms with Crippen molar-refractivity contribution in [3.05, 3.63) is 47.0 Å². The first kappa shape index (κ1) is 17.3. The third kappa shape index (κ3) is 3.21. The number of hydrogen-bond acceptors (Lipinski definition) is 3.